The number of carboxylic acid groups (broad SMARTS) is 1. The highest BCUT2D eigenvalue weighted by Gasteiger charge is 2.77. The molecule has 2 unspecified atom stereocenters. The van der Waals surface area contributed by atoms with Gasteiger partial charge in [-0.15, -0.1) is 0 Å². The lowest BCUT2D eigenvalue weighted by Gasteiger charge is -2.60. The van der Waals surface area contributed by atoms with E-state index in [-0.39, 0.29) is 61.4 Å². The van der Waals surface area contributed by atoms with Crippen molar-refractivity contribution >= 4 is 30.2 Å². The van der Waals surface area contributed by atoms with Crippen molar-refractivity contribution in [1.82, 2.24) is 0 Å². The largest absolute Gasteiger partial charge is 0.481 e. The molecular weight excluding hydrogens is 511 g/mol. The number of thiol groups is 1. The van der Waals surface area contributed by atoms with Crippen LogP contribution >= 0.6 is 12.6 Å². The minimum Gasteiger partial charge on any atom is -0.481 e. The van der Waals surface area contributed by atoms with Crippen LogP contribution in [0.25, 0.3) is 0 Å². The van der Waals surface area contributed by atoms with E-state index in [1.807, 2.05) is 13.8 Å². The average Bonchev–Trinajstić information content (AvgIpc) is 3.18. The van der Waals surface area contributed by atoms with Gasteiger partial charge in [0.2, 0.25) is 0 Å². The van der Waals surface area contributed by atoms with Crippen molar-refractivity contribution < 1.29 is 38.5 Å². The molecule has 0 spiro atoms. The lowest BCUT2D eigenvalue weighted by Crippen LogP contribution is -2.64. The Morgan fingerprint density at radius 3 is 2.58 bits per heavy atom. The summed E-state index contributed by atoms with van der Waals surface area (Å²) in [5.41, 5.74) is -2.54. The summed E-state index contributed by atoms with van der Waals surface area (Å²) in [5, 5.41) is 21.0. The lowest BCUT2D eigenvalue weighted by molar-refractivity contribution is -0.226. The van der Waals surface area contributed by atoms with E-state index in [1.54, 1.807) is 26.8 Å². The Morgan fingerprint density at radius 2 is 1.92 bits per heavy atom. The number of carboxylic acids is 1. The zero-order chi connectivity index (χ0) is 28.1. The summed E-state index contributed by atoms with van der Waals surface area (Å²) in [4.78, 5) is 37.6. The number of aliphatic hydroxyl groups excluding tert-OH is 1. The van der Waals surface area contributed by atoms with Crippen LogP contribution in [0.2, 0.25) is 0 Å². The fourth-order valence-electron chi connectivity index (χ4n) is 8.91. The average molecular weight is 551 g/mol. The molecule has 2 N–H and O–H groups in total. The summed E-state index contributed by atoms with van der Waals surface area (Å²) in [5.74, 6) is -3.13. The van der Waals surface area contributed by atoms with E-state index in [2.05, 4.69) is 12.6 Å². The summed E-state index contributed by atoms with van der Waals surface area (Å²) >= 11 is 4.51. The Kier molecular flexibility index (Phi) is 6.43. The molecule has 38 heavy (non-hydrogen) atoms. The van der Waals surface area contributed by atoms with Gasteiger partial charge < -0.3 is 19.7 Å². The number of ketones is 2. The Hall–Kier alpha value is -1.55. The number of allylic oxidation sites excluding steroid dienone is 4. The van der Waals surface area contributed by atoms with E-state index >= 15 is 4.39 Å². The number of aliphatic carboxylic acids is 1. The van der Waals surface area contributed by atoms with E-state index in [4.69, 9.17) is 9.47 Å². The zero-order valence-electron chi connectivity index (χ0n) is 22.7. The quantitative estimate of drug-likeness (QED) is 0.425. The number of carbonyl (C=O) groups excluding carboxylic acids is 2. The molecule has 0 aromatic carbocycles. The normalized spacial score (nSPS) is 46.3. The fourth-order valence-corrected chi connectivity index (χ4v) is 9.16. The number of hydrogen-bond donors (Lipinski definition) is 3. The molecule has 0 aromatic rings. The Labute approximate surface area is 228 Å². The van der Waals surface area contributed by atoms with Crippen molar-refractivity contribution in [2.75, 3.05) is 0 Å². The van der Waals surface area contributed by atoms with Crippen LogP contribution in [-0.2, 0) is 23.9 Å². The van der Waals surface area contributed by atoms with E-state index in [0.29, 0.717) is 12.0 Å². The molecule has 4 fully saturated rings. The van der Waals surface area contributed by atoms with Gasteiger partial charge in [-0.25, -0.2) is 4.39 Å². The van der Waals surface area contributed by atoms with E-state index < -0.39 is 51.3 Å². The molecule has 210 valence electrons. The molecule has 0 radical (unpaired) electrons. The number of fused-ring (bicyclic) bond motifs is 7. The van der Waals surface area contributed by atoms with Crippen LogP contribution in [0.3, 0.4) is 0 Å². The van der Waals surface area contributed by atoms with Crippen molar-refractivity contribution in [2.45, 2.75) is 108 Å². The molecule has 4 aliphatic carbocycles. The standard InChI is InChI=1S/C29H39FO7S/c1-25(2)36-22-12-17-16-11-19(30)18-10-15(31)6-9-27(18,4)24(16)20(32)13-28(17,5)29(22,37-25)21(33)7-8-26(3,38)14-23(34)35/h6,9-10,16-17,19-20,22,24,32,38H,7-8,11-14H2,1-5H3,(H,34,35)/t16-,17-,19-,20-,22?,24+,26?,27-,28-,29+/m0/s1. The Balaban J connectivity index is 1.52. The van der Waals surface area contributed by atoms with Crippen molar-refractivity contribution in [3.05, 3.63) is 23.8 Å². The minimum atomic E-state index is -1.35. The first-order valence-electron chi connectivity index (χ1n) is 13.6. The molecule has 3 saturated carbocycles. The van der Waals surface area contributed by atoms with Gasteiger partial charge in [0.05, 0.1) is 18.6 Å². The number of aliphatic hydroxyl groups is 1. The number of rotatable bonds is 6. The second-order valence-corrected chi connectivity index (χ2v) is 14.5. The summed E-state index contributed by atoms with van der Waals surface area (Å²) < 4.78 is 27.7. The van der Waals surface area contributed by atoms with Gasteiger partial charge in [-0.1, -0.05) is 26.8 Å². The van der Waals surface area contributed by atoms with E-state index in [9.17, 15) is 24.6 Å². The third-order valence-electron chi connectivity index (χ3n) is 10.3. The molecule has 7 nitrogen and oxygen atoms in total. The first-order chi connectivity index (χ1) is 17.5. The fraction of sp³-hybridized carbons (Fsp3) is 0.759. The molecule has 0 amide bonds. The van der Waals surface area contributed by atoms with Crippen LogP contribution in [0.4, 0.5) is 4.39 Å². The molecule has 5 aliphatic rings. The highest BCUT2D eigenvalue weighted by molar-refractivity contribution is 7.81. The molecule has 0 bridgehead atoms. The van der Waals surface area contributed by atoms with Gasteiger partial charge in [-0.3, -0.25) is 14.4 Å². The van der Waals surface area contributed by atoms with Crippen LogP contribution in [0.1, 0.15) is 73.1 Å². The van der Waals surface area contributed by atoms with Crippen LogP contribution in [0, 0.1) is 28.6 Å². The van der Waals surface area contributed by atoms with Crippen molar-refractivity contribution in [3.63, 3.8) is 0 Å². The number of hydrogen-bond acceptors (Lipinski definition) is 7. The highest BCUT2D eigenvalue weighted by atomic mass is 32.1. The van der Waals surface area contributed by atoms with Gasteiger partial charge >= 0.3 is 5.97 Å². The second kappa shape index (κ2) is 8.72. The topological polar surface area (TPSA) is 110 Å². The van der Waals surface area contributed by atoms with E-state index in [0.717, 1.165) is 0 Å². The lowest BCUT2D eigenvalue weighted by atomic mass is 9.45. The number of ether oxygens (including phenoxy) is 2. The van der Waals surface area contributed by atoms with Gasteiger partial charge in [0.1, 0.15) is 6.17 Å². The van der Waals surface area contributed by atoms with E-state index in [1.165, 1.54) is 12.2 Å². The maximum absolute atomic E-state index is 15.7. The summed E-state index contributed by atoms with van der Waals surface area (Å²) in [6.07, 6.45) is 2.91. The number of Topliss-reactive ketones (excluding diaryl/α,β-unsaturated/α-hetero) is 1. The number of halogens is 1. The van der Waals surface area contributed by atoms with Crippen molar-refractivity contribution in [2.24, 2.45) is 28.6 Å². The molecule has 9 heteroatoms. The molecule has 0 aromatic heterocycles. The zero-order valence-corrected chi connectivity index (χ0v) is 23.6. The molecule has 1 aliphatic heterocycles. The van der Waals surface area contributed by atoms with Crippen LogP contribution < -0.4 is 0 Å². The van der Waals surface area contributed by atoms with Gasteiger partial charge in [0.25, 0.3) is 0 Å². The van der Waals surface area contributed by atoms with Gasteiger partial charge in [-0.05, 0) is 69.1 Å². The second-order valence-electron chi connectivity index (χ2n) is 13.4. The molecular formula is C29H39FO7S. The maximum Gasteiger partial charge on any atom is 0.304 e. The van der Waals surface area contributed by atoms with Crippen molar-refractivity contribution in [1.29, 1.82) is 0 Å². The number of alkyl halides is 1. The van der Waals surface area contributed by atoms with Crippen LogP contribution in [-0.4, -0.2) is 62.3 Å². The van der Waals surface area contributed by atoms with Crippen molar-refractivity contribution in [3.8, 4) is 0 Å². The molecule has 5 rings (SSSR count). The molecule has 1 heterocycles. The predicted octanol–water partition coefficient (Wildman–Crippen LogP) is 4.23. The SMILES string of the molecule is CC(S)(CCC(=O)[C@@]12OC(C)(C)OC1C[C@H]1[C@@H]3C[C@H](F)C4=CC(=O)C=C[C@]4(C)[C@H]3[C@@H](O)C[C@@]12C)CC(=O)O. The monoisotopic (exact) mass is 550 g/mol. The summed E-state index contributed by atoms with van der Waals surface area (Å²) in [7, 11) is 0. The Bertz CT molecular complexity index is 1130. The first kappa shape index (κ1) is 28.0. The van der Waals surface area contributed by atoms with Gasteiger partial charge in [0.15, 0.2) is 23.0 Å². The molecule has 1 saturated heterocycles. The highest BCUT2D eigenvalue weighted by Crippen LogP contribution is 2.70. The maximum atomic E-state index is 15.7. The smallest absolute Gasteiger partial charge is 0.304 e. The first-order valence-corrected chi connectivity index (χ1v) is 14.0. The number of carbonyl (C=O) groups is 3. The van der Waals surface area contributed by atoms with Crippen LogP contribution in [0.15, 0.2) is 23.8 Å². The van der Waals surface area contributed by atoms with Gasteiger partial charge in [-0.2, -0.15) is 12.6 Å². The summed E-state index contributed by atoms with van der Waals surface area (Å²) in [6.45, 7) is 9.12. The third-order valence-corrected chi connectivity index (χ3v) is 10.7. The summed E-state index contributed by atoms with van der Waals surface area (Å²) in [6, 6.07) is 0. The predicted molar refractivity (Wildman–Crippen MR) is 140 cm³/mol. The molecule has 10 atom stereocenters. The van der Waals surface area contributed by atoms with Gasteiger partial charge in [0, 0.05) is 27.9 Å². The third kappa shape index (κ3) is 3.98. The minimum absolute atomic E-state index is 0.0525. The van der Waals surface area contributed by atoms with Crippen LogP contribution in [0.5, 0.6) is 0 Å². The Morgan fingerprint density at radius 1 is 1.24 bits per heavy atom.